The van der Waals surface area contributed by atoms with Crippen molar-refractivity contribution in [2.75, 3.05) is 26.2 Å². The zero-order valence-corrected chi connectivity index (χ0v) is 30.9. The first-order valence-corrected chi connectivity index (χ1v) is 18.1. The molecule has 6 rings (SSSR count). The molecule has 0 radical (unpaired) electrons. The van der Waals surface area contributed by atoms with Crippen LogP contribution in [0.15, 0.2) is 97.1 Å². The fraction of sp³-hybridized carbons (Fsp3) is 0.350. The Hall–Kier alpha value is -3.94. The topological polar surface area (TPSA) is 139 Å². The average Bonchev–Trinajstić information content (AvgIpc) is 3.11. The molecule has 6 N–H and O–H groups in total. The second kappa shape index (κ2) is 19.9. The third-order valence-electron chi connectivity index (χ3n) is 8.95. The minimum atomic E-state index is -1.58. The Kier molecular flexibility index (Phi) is 15.7. The van der Waals surface area contributed by atoms with Gasteiger partial charge in [0.2, 0.25) is 0 Å². The van der Waals surface area contributed by atoms with Gasteiger partial charge in [-0.1, -0.05) is 83.9 Å². The van der Waals surface area contributed by atoms with Crippen LogP contribution in [-0.4, -0.2) is 74.4 Å². The first-order valence-electron chi connectivity index (χ1n) is 17.4. The Morgan fingerprint density at radius 1 is 0.698 bits per heavy atom. The lowest BCUT2D eigenvalue weighted by molar-refractivity contribution is -0.164. The molecule has 0 bridgehead atoms. The lowest BCUT2D eigenvalue weighted by Crippen LogP contribution is -2.56. The van der Waals surface area contributed by atoms with Gasteiger partial charge in [-0.3, -0.25) is 14.6 Å². The number of amides is 1. The highest BCUT2D eigenvalue weighted by Gasteiger charge is 2.41. The Morgan fingerprint density at radius 2 is 1.15 bits per heavy atom. The summed E-state index contributed by atoms with van der Waals surface area (Å²) in [5, 5.41) is 33.2. The van der Waals surface area contributed by atoms with Gasteiger partial charge in [0.1, 0.15) is 11.6 Å². The van der Waals surface area contributed by atoms with Crippen molar-refractivity contribution in [3.63, 3.8) is 0 Å². The van der Waals surface area contributed by atoms with Gasteiger partial charge in [-0.15, -0.1) is 0 Å². The van der Waals surface area contributed by atoms with Crippen molar-refractivity contribution >= 4 is 35.1 Å². The van der Waals surface area contributed by atoms with Crippen molar-refractivity contribution < 1.29 is 33.7 Å². The largest absolute Gasteiger partial charge is 0.479 e. The number of β-amino-alcohol motifs (C(OH)–C–C–N with tert-alkyl or cyclic N) is 2. The number of nitrogens with one attached hydrogen (secondary N) is 1. The molecule has 53 heavy (non-hydrogen) atoms. The summed E-state index contributed by atoms with van der Waals surface area (Å²) >= 11 is 11.4. The number of aliphatic hydroxyl groups is 2. The molecule has 9 nitrogen and oxygen atoms in total. The van der Waals surface area contributed by atoms with Gasteiger partial charge >= 0.3 is 5.97 Å². The number of carboxylic acids is 1. The third-order valence-corrected chi connectivity index (χ3v) is 9.39. The van der Waals surface area contributed by atoms with Crippen molar-refractivity contribution in [2.24, 2.45) is 5.73 Å². The van der Waals surface area contributed by atoms with Gasteiger partial charge in [0.15, 0.2) is 11.2 Å². The Balaban J connectivity index is 0.000000198. The number of carbonyl (C=O) groups excluding carboxylic acids is 1. The first kappa shape index (κ1) is 41.8. The monoisotopic (exact) mass is 770 g/mol. The summed E-state index contributed by atoms with van der Waals surface area (Å²) in [6.45, 7) is 3.98. The van der Waals surface area contributed by atoms with Gasteiger partial charge in [-0.05, 0) is 97.4 Å². The van der Waals surface area contributed by atoms with Crippen LogP contribution in [0.2, 0.25) is 10.0 Å². The summed E-state index contributed by atoms with van der Waals surface area (Å²) in [5.41, 5.74) is 5.80. The zero-order valence-electron chi connectivity index (χ0n) is 29.4. The smallest absolute Gasteiger partial charge is 0.337 e. The summed E-state index contributed by atoms with van der Waals surface area (Å²) in [6.07, 6.45) is 2.21. The van der Waals surface area contributed by atoms with Crippen molar-refractivity contribution in [3.05, 3.63) is 141 Å². The second-order valence-corrected chi connectivity index (χ2v) is 14.3. The predicted molar refractivity (Wildman–Crippen MR) is 202 cm³/mol. The quantitative estimate of drug-likeness (QED) is 0.137. The minimum Gasteiger partial charge on any atom is -0.479 e. The van der Waals surface area contributed by atoms with Gasteiger partial charge in [0, 0.05) is 49.3 Å². The van der Waals surface area contributed by atoms with E-state index in [2.05, 4.69) is 10.2 Å². The summed E-state index contributed by atoms with van der Waals surface area (Å²) in [5.74, 6) is -2.34. The maximum absolute atomic E-state index is 13.4. The fourth-order valence-electron chi connectivity index (χ4n) is 6.35. The number of benzene rings is 4. The highest BCUT2D eigenvalue weighted by Crippen LogP contribution is 2.25. The maximum atomic E-state index is 13.4. The Labute approximate surface area is 318 Å². The number of piperidine rings is 2. The lowest BCUT2D eigenvalue weighted by atomic mass is 9.91. The maximum Gasteiger partial charge on any atom is 0.337 e. The molecular weight excluding hydrogens is 725 g/mol. The van der Waals surface area contributed by atoms with E-state index in [9.17, 15) is 28.6 Å². The van der Waals surface area contributed by atoms with Crippen LogP contribution in [0, 0.1) is 11.6 Å². The van der Waals surface area contributed by atoms with E-state index >= 15 is 0 Å². The number of carboxylic acid groups (broad SMARTS) is 1. The van der Waals surface area contributed by atoms with Crippen LogP contribution in [0.25, 0.3) is 0 Å². The van der Waals surface area contributed by atoms with E-state index in [0.29, 0.717) is 48.6 Å². The molecule has 0 aliphatic carbocycles. The molecule has 2 aliphatic heterocycles. The van der Waals surface area contributed by atoms with E-state index in [1.54, 1.807) is 12.1 Å². The number of hydrogen-bond acceptors (Lipinski definition) is 7. The first-order chi connectivity index (χ1) is 25.3. The molecule has 4 aromatic carbocycles. The molecule has 2 atom stereocenters. The van der Waals surface area contributed by atoms with E-state index < -0.39 is 28.9 Å². The highest BCUT2D eigenvalue weighted by atomic mass is 35.5. The van der Waals surface area contributed by atoms with Gasteiger partial charge < -0.3 is 26.4 Å². The van der Waals surface area contributed by atoms with Crippen molar-refractivity contribution in [1.82, 2.24) is 15.1 Å². The van der Waals surface area contributed by atoms with Crippen LogP contribution in [0.3, 0.4) is 0 Å². The molecule has 0 spiro atoms. The average molecular weight is 772 g/mol. The summed E-state index contributed by atoms with van der Waals surface area (Å²) < 4.78 is 25.9. The molecule has 13 heteroatoms. The molecule has 4 aromatic rings. The Morgan fingerprint density at radius 3 is 1.62 bits per heavy atom. The van der Waals surface area contributed by atoms with Crippen LogP contribution >= 0.6 is 23.2 Å². The molecule has 0 saturated carbocycles. The Bertz CT molecular complexity index is 1750. The van der Waals surface area contributed by atoms with E-state index in [4.69, 9.17) is 34.0 Å². The van der Waals surface area contributed by atoms with Crippen LogP contribution in [0.4, 0.5) is 8.78 Å². The van der Waals surface area contributed by atoms with Crippen molar-refractivity contribution in [1.29, 1.82) is 0 Å². The van der Waals surface area contributed by atoms with Crippen LogP contribution in [0.5, 0.6) is 0 Å². The number of rotatable bonds is 9. The number of nitrogens with two attached hydrogens (primary N) is 1. The number of likely N-dealkylation sites (tertiary alicyclic amines) is 2. The normalized spacial score (nSPS) is 20.3. The van der Waals surface area contributed by atoms with Crippen LogP contribution in [0.1, 0.15) is 47.9 Å². The molecule has 284 valence electrons. The zero-order chi connectivity index (χ0) is 38.4. The molecule has 1 amide bonds. The second-order valence-electron chi connectivity index (χ2n) is 13.4. The molecule has 2 aliphatic rings. The molecule has 2 unspecified atom stereocenters. The SMILES string of the molecule is NCc1cc(F)cc(Cl)c1.O=C(NCc1cc(F)cc(Cl)c1)C1(O)CCCN(Cc2ccccc2)C1.O=C(O)C1(O)CCCN(Cc2ccccc2)C1. The number of halogens is 4. The fourth-order valence-corrected chi connectivity index (χ4v) is 6.84. The van der Waals surface area contributed by atoms with E-state index in [1.165, 1.54) is 24.3 Å². The summed E-state index contributed by atoms with van der Waals surface area (Å²) in [7, 11) is 0. The van der Waals surface area contributed by atoms with Crippen LogP contribution in [-0.2, 0) is 35.8 Å². The third kappa shape index (κ3) is 13.5. The standard InChI is InChI=1S/C20H22ClFN2O2.C13H17NO3.C7H7ClFN/c21-17-9-16(10-18(22)11-17)12-23-19(25)20(26)7-4-8-24(14-20)13-15-5-2-1-3-6-15;15-12(16)13(17)7-4-8-14(10-13)9-11-5-2-1-3-6-11;8-6-1-5(4-10)2-7(9)3-6/h1-3,5-6,9-11,26H,4,7-8,12-14H2,(H,23,25);1-3,5-6,17H,4,7-10H2,(H,15,16);1-3H,4,10H2. The van der Waals surface area contributed by atoms with Gasteiger partial charge in [0.25, 0.3) is 5.91 Å². The van der Waals surface area contributed by atoms with Crippen LogP contribution < -0.4 is 11.1 Å². The van der Waals surface area contributed by atoms with E-state index in [-0.39, 0.29) is 30.5 Å². The van der Waals surface area contributed by atoms with Crippen molar-refractivity contribution in [2.45, 2.75) is 63.1 Å². The van der Waals surface area contributed by atoms with E-state index in [1.807, 2.05) is 65.6 Å². The lowest BCUT2D eigenvalue weighted by Gasteiger charge is -2.38. The summed E-state index contributed by atoms with van der Waals surface area (Å²) in [6, 6.07) is 28.2. The number of carbonyl (C=O) groups is 2. The molecule has 0 aromatic heterocycles. The minimum absolute atomic E-state index is 0.122. The van der Waals surface area contributed by atoms with Gasteiger partial charge in [-0.25, -0.2) is 13.6 Å². The molecule has 2 saturated heterocycles. The van der Waals surface area contributed by atoms with Crippen molar-refractivity contribution in [3.8, 4) is 0 Å². The summed E-state index contributed by atoms with van der Waals surface area (Å²) in [4.78, 5) is 27.6. The number of nitrogens with zero attached hydrogens (tertiary/aromatic N) is 2. The van der Waals surface area contributed by atoms with E-state index in [0.717, 1.165) is 37.1 Å². The molecule has 2 heterocycles. The predicted octanol–water partition coefficient (Wildman–Crippen LogP) is 6.16. The molecular formula is C40H46Cl2F2N4O5. The highest BCUT2D eigenvalue weighted by molar-refractivity contribution is 6.30. The number of hydrogen-bond donors (Lipinski definition) is 5. The van der Waals surface area contributed by atoms with Gasteiger partial charge in [0.05, 0.1) is 0 Å². The van der Waals surface area contributed by atoms with Gasteiger partial charge in [-0.2, -0.15) is 0 Å². The number of aliphatic carboxylic acids is 1. The molecule has 2 fully saturated rings.